The third-order valence-electron chi connectivity index (χ3n) is 3.60. The zero-order chi connectivity index (χ0) is 15.5. The van der Waals surface area contributed by atoms with Gasteiger partial charge in [0.05, 0.1) is 32.0 Å². The minimum absolute atomic E-state index is 0.0763. The van der Waals surface area contributed by atoms with E-state index in [0.29, 0.717) is 5.89 Å². The number of carboxylic acid groups (broad SMARTS) is 1. The number of hydrogen-bond acceptors (Lipinski definition) is 5. The van der Waals surface area contributed by atoms with Crippen molar-refractivity contribution in [1.29, 1.82) is 0 Å². The first-order valence-electron chi connectivity index (χ1n) is 6.74. The number of carbonyl (C=O) groups is 2. The number of urea groups is 1. The molecular formula is C13H19N3O5. The Balaban J connectivity index is 1.85. The molecular weight excluding hydrogens is 278 g/mol. The number of aryl methyl sites for hydroxylation is 1. The van der Waals surface area contributed by atoms with Crippen molar-refractivity contribution in [2.45, 2.75) is 32.9 Å². The standard InChI is InChI=1S/C13H19N3O5/c1-3-8-4-14-10(21-8)5-15-12(19)16-9-6-20-7-13(9,2)11(17)18/h4,9H,3,5-7H2,1-2H3,(H,17,18)(H2,15,16,19). The van der Waals surface area contributed by atoms with Crippen LogP contribution >= 0.6 is 0 Å². The summed E-state index contributed by atoms with van der Waals surface area (Å²) >= 11 is 0. The van der Waals surface area contributed by atoms with Gasteiger partial charge in [0.15, 0.2) is 0 Å². The maximum Gasteiger partial charge on any atom is 0.315 e. The van der Waals surface area contributed by atoms with Crippen LogP contribution in [0, 0.1) is 5.41 Å². The summed E-state index contributed by atoms with van der Waals surface area (Å²) in [4.78, 5) is 27.1. The van der Waals surface area contributed by atoms with Gasteiger partial charge in [-0.25, -0.2) is 9.78 Å². The molecule has 2 atom stereocenters. The number of hydrogen-bond donors (Lipinski definition) is 3. The summed E-state index contributed by atoms with van der Waals surface area (Å²) in [6.45, 7) is 3.89. The molecule has 1 saturated heterocycles. The summed E-state index contributed by atoms with van der Waals surface area (Å²) in [5, 5.41) is 14.4. The predicted octanol–water partition coefficient (Wildman–Crippen LogP) is 0.526. The van der Waals surface area contributed by atoms with Gasteiger partial charge in [-0.2, -0.15) is 0 Å². The normalized spacial score (nSPS) is 24.8. The monoisotopic (exact) mass is 297 g/mol. The number of aromatic nitrogens is 1. The van der Waals surface area contributed by atoms with E-state index in [1.54, 1.807) is 13.1 Å². The summed E-state index contributed by atoms with van der Waals surface area (Å²) in [5.41, 5.74) is -1.12. The lowest BCUT2D eigenvalue weighted by molar-refractivity contribution is -0.148. The first-order valence-corrected chi connectivity index (χ1v) is 6.74. The van der Waals surface area contributed by atoms with Crippen molar-refractivity contribution in [1.82, 2.24) is 15.6 Å². The zero-order valence-corrected chi connectivity index (χ0v) is 12.0. The van der Waals surface area contributed by atoms with Crippen LogP contribution in [-0.4, -0.2) is 41.3 Å². The molecule has 1 aromatic rings. The summed E-state index contributed by atoms with van der Waals surface area (Å²) in [6, 6.07) is -1.06. The number of rotatable bonds is 5. The minimum atomic E-state index is -1.12. The predicted molar refractivity (Wildman–Crippen MR) is 71.6 cm³/mol. The van der Waals surface area contributed by atoms with Crippen molar-refractivity contribution < 1.29 is 23.8 Å². The second kappa shape index (κ2) is 6.13. The van der Waals surface area contributed by atoms with Gasteiger partial charge in [0.2, 0.25) is 5.89 Å². The molecule has 3 N–H and O–H groups in total. The highest BCUT2D eigenvalue weighted by Crippen LogP contribution is 2.28. The zero-order valence-electron chi connectivity index (χ0n) is 12.0. The number of nitrogens with zero attached hydrogens (tertiary/aromatic N) is 1. The van der Waals surface area contributed by atoms with Crippen LogP contribution in [0.25, 0.3) is 0 Å². The highest BCUT2D eigenvalue weighted by atomic mass is 16.5. The van der Waals surface area contributed by atoms with E-state index >= 15 is 0 Å². The van der Waals surface area contributed by atoms with Crippen molar-refractivity contribution in [3.63, 3.8) is 0 Å². The smallest absolute Gasteiger partial charge is 0.315 e. The molecule has 8 heteroatoms. The van der Waals surface area contributed by atoms with E-state index in [4.69, 9.17) is 9.15 Å². The molecule has 1 aromatic heterocycles. The van der Waals surface area contributed by atoms with Gasteiger partial charge in [0, 0.05) is 6.42 Å². The number of aliphatic carboxylic acids is 1. The Kier molecular flexibility index (Phi) is 4.46. The summed E-state index contributed by atoms with van der Waals surface area (Å²) in [7, 11) is 0. The average molecular weight is 297 g/mol. The van der Waals surface area contributed by atoms with Crippen LogP contribution in [0.2, 0.25) is 0 Å². The van der Waals surface area contributed by atoms with E-state index in [1.807, 2.05) is 6.92 Å². The second-order valence-corrected chi connectivity index (χ2v) is 5.19. The van der Waals surface area contributed by atoms with Crippen LogP contribution in [0.3, 0.4) is 0 Å². The summed E-state index contributed by atoms with van der Waals surface area (Å²) in [5.74, 6) is 0.158. The van der Waals surface area contributed by atoms with E-state index in [0.717, 1.165) is 12.2 Å². The minimum Gasteiger partial charge on any atom is -0.481 e. The topological polar surface area (TPSA) is 114 Å². The lowest BCUT2D eigenvalue weighted by atomic mass is 9.85. The van der Waals surface area contributed by atoms with Crippen LogP contribution in [0.4, 0.5) is 4.79 Å². The number of ether oxygens (including phenoxy) is 1. The van der Waals surface area contributed by atoms with E-state index in [-0.39, 0.29) is 19.8 Å². The molecule has 0 aromatic carbocycles. The fourth-order valence-electron chi connectivity index (χ4n) is 2.04. The lowest BCUT2D eigenvalue weighted by Crippen LogP contribution is -2.52. The number of nitrogens with one attached hydrogen (secondary N) is 2. The molecule has 1 aliphatic heterocycles. The Morgan fingerprint density at radius 2 is 2.33 bits per heavy atom. The van der Waals surface area contributed by atoms with Crippen molar-refractivity contribution in [2.24, 2.45) is 5.41 Å². The fourth-order valence-corrected chi connectivity index (χ4v) is 2.04. The van der Waals surface area contributed by atoms with Gasteiger partial charge in [-0.15, -0.1) is 0 Å². The first kappa shape index (κ1) is 15.3. The molecule has 2 rings (SSSR count). The largest absolute Gasteiger partial charge is 0.481 e. The van der Waals surface area contributed by atoms with Crippen molar-refractivity contribution in [3.05, 3.63) is 17.8 Å². The van der Waals surface area contributed by atoms with Gasteiger partial charge < -0.3 is 24.9 Å². The maximum atomic E-state index is 11.8. The van der Waals surface area contributed by atoms with E-state index in [1.165, 1.54) is 0 Å². The molecule has 2 heterocycles. The van der Waals surface area contributed by atoms with Crippen molar-refractivity contribution in [3.8, 4) is 0 Å². The second-order valence-electron chi connectivity index (χ2n) is 5.19. The van der Waals surface area contributed by atoms with Crippen LogP contribution in [-0.2, 0) is 22.5 Å². The molecule has 2 unspecified atom stereocenters. The molecule has 1 fully saturated rings. The number of oxazole rings is 1. The molecule has 8 nitrogen and oxygen atoms in total. The van der Waals surface area contributed by atoms with Crippen LogP contribution in [0.15, 0.2) is 10.6 Å². The number of carboxylic acids is 1. The third kappa shape index (κ3) is 3.33. The summed E-state index contributed by atoms with van der Waals surface area (Å²) in [6.07, 6.45) is 2.34. The molecule has 2 amide bonds. The molecule has 1 aliphatic rings. The Morgan fingerprint density at radius 3 is 2.95 bits per heavy atom. The van der Waals surface area contributed by atoms with Crippen LogP contribution in [0.1, 0.15) is 25.5 Å². The molecule has 0 radical (unpaired) electrons. The summed E-state index contributed by atoms with van der Waals surface area (Å²) < 4.78 is 10.5. The lowest BCUT2D eigenvalue weighted by Gasteiger charge is -2.25. The van der Waals surface area contributed by atoms with E-state index < -0.39 is 23.5 Å². The van der Waals surface area contributed by atoms with Gasteiger partial charge in [0.1, 0.15) is 11.2 Å². The van der Waals surface area contributed by atoms with Crippen molar-refractivity contribution >= 4 is 12.0 Å². The Labute approximate surface area is 121 Å². The van der Waals surface area contributed by atoms with Gasteiger partial charge in [0.25, 0.3) is 0 Å². The van der Waals surface area contributed by atoms with Gasteiger partial charge >= 0.3 is 12.0 Å². The quantitative estimate of drug-likeness (QED) is 0.730. The van der Waals surface area contributed by atoms with Gasteiger partial charge in [-0.3, -0.25) is 4.79 Å². The molecule has 0 spiro atoms. The van der Waals surface area contributed by atoms with Crippen LogP contribution in [0.5, 0.6) is 0 Å². The average Bonchev–Trinajstić information content (AvgIpc) is 3.05. The first-order chi connectivity index (χ1) is 9.95. The molecule has 0 saturated carbocycles. The van der Waals surface area contributed by atoms with Crippen molar-refractivity contribution in [2.75, 3.05) is 13.2 Å². The number of amides is 2. The van der Waals surface area contributed by atoms with Gasteiger partial charge in [-0.05, 0) is 6.92 Å². The number of carbonyl (C=O) groups excluding carboxylic acids is 1. The van der Waals surface area contributed by atoms with E-state index in [2.05, 4.69) is 15.6 Å². The highest BCUT2D eigenvalue weighted by Gasteiger charge is 2.47. The van der Waals surface area contributed by atoms with Crippen LogP contribution < -0.4 is 10.6 Å². The molecule has 0 bridgehead atoms. The Morgan fingerprint density at radius 1 is 1.57 bits per heavy atom. The SMILES string of the molecule is CCc1cnc(CNC(=O)NC2COCC2(C)C(=O)O)o1. The fraction of sp³-hybridized carbons (Fsp3) is 0.615. The third-order valence-corrected chi connectivity index (χ3v) is 3.60. The maximum absolute atomic E-state index is 11.8. The highest BCUT2D eigenvalue weighted by molar-refractivity contribution is 5.79. The van der Waals surface area contributed by atoms with E-state index in [9.17, 15) is 14.7 Å². The molecule has 0 aliphatic carbocycles. The van der Waals surface area contributed by atoms with Gasteiger partial charge in [-0.1, -0.05) is 6.92 Å². The molecule has 116 valence electrons. The molecule has 21 heavy (non-hydrogen) atoms. The Bertz CT molecular complexity index is 530. The Hall–Kier alpha value is -2.09.